The van der Waals surface area contributed by atoms with Crippen molar-refractivity contribution in [1.82, 2.24) is 15.5 Å². The minimum absolute atomic E-state index is 0.122. The van der Waals surface area contributed by atoms with E-state index in [-0.39, 0.29) is 12.6 Å². The molecule has 0 bridgehead atoms. The lowest BCUT2D eigenvalue weighted by atomic mass is 10.0. The molecule has 0 aromatic carbocycles. The molecule has 0 amide bonds. The summed E-state index contributed by atoms with van der Waals surface area (Å²) in [5.41, 5.74) is 0. The zero-order valence-corrected chi connectivity index (χ0v) is 9.52. The summed E-state index contributed by atoms with van der Waals surface area (Å²) in [6.45, 7) is 1.60. The van der Waals surface area contributed by atoms with E-state index in [4.69, 9.17) is 4.42 Å². The first-order chi connectivity index (χ1) is 7.85. The van der Waals surface area contributed by atoms with Crippen LogP contribution in [0.5, 0.6) is 0 Å². The van der Waals surface area contributed by atoms with Crippen LogP contribution in [0, 0.1) is 0 Å². The second kappa shape index (κ2) is 5.27. The van der Waals surface area contributed by atoms with Gasteiger partial charge in [0.15, 0.2) is 0 Å². The van der Waals surface area contributed by atoms with Gasteiger partial charge in [-0.2, -0.15) is 0 Å². The van der Waals surface area contributed by atoms with Crippen molar-refractivity contribution in [3.05, 3.63) is 5.89 Å². The van der Waals surface area contributed by atoms with Crippen molar-refractivity contribution in [2.45, 2.75) is 31.8 Å². The molecule has 2 N–H and O–H groups in total. The Balaban J connectivity index is 2.08. The minimum Gasteiger partial charge on any atom is -0.407 e. The maximum atomic E-state index is 9.29. The molecule has 1 unspecified atom stereocenters. The number of aliphatic hydroxyl groups is 1. The summed E-state index contributed by atoms with van der Waals surface area (Å²) in [4.78, 5) is 2.01. The Morgan fingerprint density at radius 2 is 2.38 bits per heavy atom. The minimum atomic E-state index is 0.122. The van der Waals surface area contributed by atoms with E-state index in [1.807, 2.05) is 11.9 Å². The van der Waals surface area contributed by atoms with Crippen LogP contribution in [0.3, 0.4) is 0 Å². The maximum absolute atomic E-state index is 9.29. The fourth-order valence-electron chi connectivity index (χ4n) is 2.03. The number of nitrogens with zero attached hydrogens (tertiary/aromatic N) is 3. The first-order valence-electron chi connectivity index (χ1n) is 5.69. The van der Waals surface area contributed by atoms with Crippen molar-refractivity contribution in [3.8, 4) is 0 Å². The normalized spacial score (nSPS) is 21.4. The van der Waals surface area contributed by atoms with Gasteiger partial charge in [0, 0.05) is 6.54 Å². The summed E-state index contributed by atoms with van der Waals surface area (Å²) >= 11 is 0. The van der Waals surface area contributed by atoms with Gasteiger partial charge < -0.3 is 19.7 Å². The van der Waals surface area contributed by atoms with Crippen LogP contribution in [0.15, 0.2) is 4.42 Å². The fraction of sp³-hybridized carbons (Fsp3) is 0.800. The third-order valence-corrected chi connectivity index (χ3v) is 2.87. The van der Waals surface area contributed by atoms with E-state index in [0.29, 0.717) is 18.5 Å². The van der Waals surface area contributed by atoms with Crippen LogP contribution in [0.1, 0.15) is 25.2 Å². The second-order valence-electron chi connectivity index (χ2n) is 4.03. The van der Waals surface area contributed by atoms with Crippen molar-refractivity contribution in [3.63, 3.8) is 0 Å². The Morgan fingerprint density at radius 1 is 1.50 bits per heavy atom. The van der Waals surface area contributed by atoms with E-state index in [2.05, 4.69) is 15.5 Å². The molecule has 2 heterocycles. The average molecular weight is 226 g/mol. The molecule has 1 saturated heterocycles. The fourth-order valence-corrected chi connectivity index (χ4v) is 2.03. The van der Waals surface area contributed by atoms with Gasteiger partial charge in [-0.25, -0.2) is 0 Å². The van der Waals surface area contributed by atoms with Crippen molar-refractivity contribution >= 4 is 6.01 Å². The van der Waals surface area contributed by atoms with Crippen LogP contribution in [0.25, 0.3) is 0 Å². The molecule has 90 valence electrons. The third-order valence-electron chi connectivity index (χ3n) is 2.87. The highest BCUT2D eigenvalue weighted by Gasteiger charge is 2.25. The molecule has 6 heteroatoms. The van der Waals surface area contributed by atoms with Crippen molar-refractivity contribution in [1.29, 1.82) is 0 Å². The quantitative estimate of drug-likeness (QED) is 0.760. The molecule has 1 aliphatic heterocycles. The number of aliphatic hydroxyl groups excluding tert-OH is 1. The third kappa shape index (κ3) is 2.33. The van der Waals surface area contributed by atoms with E-state index in [0.717, 1.165) is 25.8 Å². The molecule has 0 spiro atoms. The van der Waals surface area contributed by atoms with E-state index in [1.165, 1.54) is 0 Å². The topological polar surface area (TPSA) is 74.4 Å². The van der Waals surface area contributed by atoms with Gasteiger partial charge in [0.2, 0.25) is 5.89 Å². The molecule has 16 heavy (non-hydrogen) atoms. The van der Waals surface area contributed by atoms with Gasteiger partial charge in [0.05, 0.1) is 19.2 Å². The highest BCUT2D eigenvalue weighted by molar-refractivity contribution is 5.27. The first kappa shape index (κ1) is 11.3. The number of nitrogens with one attached hydrogen (secondary N) is 1. The Kier molecular flexibility index (Phi) is 3.74. The lowest BCUT2D eigenvalue weighted by Crippen LogP contribution is -2.42. The zero-order valence-electron chi connectivity index (χ0n) is 9.52. The average Bonchev–Trinajstić information content (AvgIpc) is 2.78. The molecular weight excluding hydrogens is 208 g/mol. The Bertz CT molecular complexity index is 328. The standard InChI is InChI=1S/C10H18N4O2/c1-11-6-9-12-13-10(16-9)14-5-3-2-4-8(14)7-15/h8,11,15H,2-7H2,1H3. The molecule has 0 radical (unpaired) electrons. The molecular formula is C10H18N4O2. The molecule has 0 saturated carbocycles. The van der Waals surface area contributed by atoms with Crippen LogP contribution in [-0.2, 0) is 6.54 Å². The zero-order chi connectivity index (χ0) is 11.4. The van der Waals surface area contributed by atoms with Crippen LogP contribution >= 0.6 is 0 Å². The van der Waals surface area contributed by atoms with E-state index in [1.54, 1.807) is 0 Å². The Labute approximate surface area is 94.7 Å². The largest absolute Gasteiger partial charge is 0.407 e. The molecule has 1 aromatic heterocycles. The number of aromatic nitrogens is 2. The summed E-state index contributed by atoms with van der Waals surface area (Å²) < 4.78 is 5.53. The number of hydrogen-bond donors (Lipinski definition) is 2. The number of rotatable bonds is 4. The molecule has 1 aliphatic rings. The number of anilines is 1. The predicted molar refractivity (Wildman–Crippen MR) is 59.1 cm³/mol. The summed E-state index contributed by atoms with van der Waals surface area (Å²) in [7, 11) is 1.83. The molecule has 2 rings (SSSR count). The smallest absolute Gasteiger partial charge is 0.318 e. The number of hydrogen-bond acceptors (Lipinski definition) is 6. The molecule has 6 nitrogen and oxygen atoms in total. The van der Waals surface area contributed by atoms with E-state index >= 15 is 0 Å². The predicted octanol–water partition coefficient (Wildman–Crippen LogP) is 0.140. The van der Waals surface area contributed by atoms with Gasteiger partial charge in [0.25, 0.3) is 0 Å². The van der Waals surface area contributed by atoms with Gasteiger partial charge >= 0.3 is 6.01 Å². The van der Waals surface area contributed by atoms with Gasteiger partial charge in [0.1, 0.15) is 0 Å². The molecule has 0 aliphatic carbocycles. The van der Waals surface area contributed by atoms with Gasteiger partial charge in [-0.15, -0.1) is 5.10 Å². The summed E-state index contributed by atoms with van der Waals surface area (Å²) in [6.07, 6.45) is 3.25. The highest BCUT2D eigenvalue weighted by Crippen LogP contribution is 2.23. The molecule has 1 fully saturated rings. The molecule has 1 atom stereocenters. The van der Waals surface area contributed by atoms with Crippen LogP contribution in [0.2, 0.25) is 0 Å². The van der Waals surface area contributed by atoms with Crippen molar-refractivity contribution in [2.24, 2.45) is 0 Å². The SMILES string of the molecule is CNCc1nnc(N2CCCCC2CO)o1. The Morgan fingerprint density at radius 3 is 3.12 bits per heavy atom. The summed E-state index contributed by atoms with van der Waals surface area (Å²) in [5, 5.41) is 20.2. The van der Waals surface area contributed by atoms with Gasteiger partial charge in [-0.3, -0.25) is 0 Å². The summed E-state index contributed by atoms with van der Waals surface area (Å²) in [5.74, 6) is 0.583. The number of piperidine rings is 1. The van der Waals surface area contributed by atoms with E-state index < -0.39 is 0 Å². The van der Waals surface area contributed by atoms with Crippen LogP contribution in [-0.4, -0.2) is 41.5 Å². The van der Waals surface area contributed by atoms with Crippen LogP contribution in [0.4, 0.5) is 6.01 Å². The van der Waals surface area contributed by atoms with Gasteiger partial charge in [-0.05, 0) is 26.3 Å². The maximum Gasteiger partial charge on any atom is 0.318 e. The van der Waals surface area contributed by atoms with Crippen molar-refractivity contribution < 1.29 is 9.52 Å². The highest BCUT2D eigenvalue weighted by atomic mass is 16.4. The lowest BCUT2D eigenvalue weighted by Gasteiger charge is -2.32. The van der Waals surface area contributed by atoms with Crippen LogP contribution < -0.4 is 10.2 Å². The first-order valence-corrected chi connectivity index (χ1v) is 5.69. The van der Waals surface area contributed by atoms with Crippen molar-refractivity contribution in [2.75, 3.05) is 25.1 Å². The Hall–Kier alpha value is -1.14. The monoisotopic (exact) mass is 226 g/mol. The second-order valence-corrected chi connectivity index (χ2v) is 4.03. The lowest BCUT2D eigenvalue weighted by molar-refractivity contribution is 0.234. The van der Waals surface area contributed by atoms with E-state index in [9.17, 15) is 5.11 Å². The van der Waals surface area contributed by atoms with Gasteiger partial charge in [-0.1, -0.05) is 5.10 Å². The summed E-state index contributed by atoms with van der Waals surface area (Å²) in [6, 6.07) is 0.653. The molecule has 1 aromatic rings.